The molecule has 0 spiro atoms. The van der Waals surface area contributed by atoms with Gasteiger partial charge >= 0.3 is 0 Å². The summed E-state index contributed by atoms with van der Waals surface area (Å²) < 4.78 is 5.89. The minimum Gasteiger partial charge on any atom is -0.494 e. The fraction of sp³-hybridized carbons (Fsp3) is 0.259. The van der Waals surface area contributed by atoms with Crippen LogP contribution in [0.1, 0.15) is 41.6 Å². The molecule has 0 saturated carbocycles. The lowest BCUT2D eigenvalue weighted by atomic mass is 9.94. The van der Waals surface area contributed by atoms with Gasteiger partial charge in [-0.25, -0.2) is 0 Å². The Morgan fingerprint density at radius 1 is 1.00 bits per heavy atom. The van der Waals surface area contributed by atoms with E-state index < -0.39 is 0 Å². The Bertz CT molecular complexity index is 1070. The number of nitrogens with zero attached hydrogens (tertiary/aromatic N) is 2. The van der Waals surface area contributed by atoms with Crippen LogP contribution >= 0.6 is 0 Å². The molecule has 1 saturated heterocycles. The number of carbonyl (C=O) groups is 1. The predicted molar refractivity (Wildman–Crippen MR) is 122 cm³/mol. The van der Waals surface area contributed by atoms with Crippen LogP contribution in [0.2, 0.25) is 0 Å². The number of para-hydroxylation sites is 1. The van der Waals surface area contributed by atoms with Crippen molar-refractivity contribution in [1.82, 2.24) is 4.90 Å². The number of carbonyl (C=O) groups excluding carboxylic acids is 1. The number of hydrogen-bond donors (Lipinski definition) is 0. The number of nitriles is 1. The van der Waals surface area contributed by atoms with Crippen molar-refractivity contribution in [2.75, 3.05) is 13.2 Å². The number of ether oxygens (including phenoxy) is 1. The summed E-state index contributed by atoms with van der Waals surface area (Å²) in [5.74, 6) is 0.918. The molecule has 3 aromatic rings. The summed E-state index contributed by atoms with van der Waals surface area (Å²) in [6, 6.07) is 27.3. The monoisotopic (exact) mass is 410 g/mol. The normalized spacial score (nSPS) is 15.8. The quantitative estimate of drug-likeness (QED) is 0.525. The second-order valence-corrected chi connectivity index (χ2v) is 7.84. The highest BCUT2D eigenvalue weighted by atomic mass is 16.5. The lowest BCUT2D eigenvalue weighted by molar-refractivity contribution is 0.0581. The van der Waals surface area contributed by atoms with Gasteiger partial charge in [0, 0.05) is 24.6 Å². The molecule has 4 nitrogen and oxygen atoms in total. The first-order chi connectivity index (χ1) is 15.3. The lowest BCUT2D eigenvalue weighted by Gasteiger charge is -2.36. The fourth-order valence-corrected chi connectivity index (χ4v) is 4.23. The molecule has 0 aliphatic carbocycles. The minimum absolute atomic E-state index is 0.0578. The number of rotatable bonds is 6. The third-order valence-corrected chi connectivity index (χ3v) is 5.81. The van der Waals surface area contributed by atoms with Gasteiger partial charge in [0.2, 0.25) is 0 Å². The summed E-state index contributed by atoms with van der Waals surface area (Å²) in [7, 11) is 0. The molecular weight excluding hydrogens is 384 g/mol. The molecule has 0 N–H and O–H groups in total. The van der Waals surface area contributed by atoms with E-state index >= 15 is 0 Å². The minimum atomic E-state index is 0.0578. The Morgan fingerprint density at radius 3 is 2.65 bits per heavy atom. The molecule has 1 atom stereocenters. The standard InChI is InChI=1S/C27H26N2O2/c28-20-21-9-8-10-22(19-21)25-14-4-5-15-26(25)27(30)29-17-7-6-11-23(29)16-18-31-24-12-2-1-3-13-24/h1-5,8-10,12-15,19,23H,6-7,11,16-18H2. The second-order valence-electron chi connectivity index (χ2n) is 7.84. The Morgan fingerprint density at radius 2 is 1.81 bits per heavy atom. The van der Waals surface area contributed by atoms with Gasteiger partial charge < -0.3 is 9.64 Å². The van der Waals surface area contributed by atoms with Gasteiger partial charge in [0.1, 0.15) is 5.75 Å². The maximum absolute atomic E-state index is 13.6. The highest BCUT2D eigenvalue weighted by Crippen LogP contribution is 2.29. The zero-order chi connectivity index (χ0) is 21.5. The van der Waals surface area contributed by atoms with Crippen LogP contribution in [0.5, 0.6) is 5.75 Å². The average Bonchev–Trinajstić information content (AvgIpc) is 2.84. The Hall–Kier alpha value is -3.58. The number of amides is 1. The van der Waals surface area contributed by atoms with Crippen molar-refractivity contribution >= 4 is 5.91 Å². The van der Waals surface area contributed by atoms with E-state index in [2.05, 4.69) is 6.07 Å². The van der Waals surface area contributed by atoms with Gasteiger partial charge in [0.15, 0.2) is 0 Å². The van der Waals surface area contributed by atoms with E-state index in [1.165, 1.54) is 0 Å². The first-order valence-electron chi connectivity index (χ1n) is 10.8. The largest absolute Gasteiger partial charge is 0.494 e. The van der Waals surface area contributed by atoms with E-state index in [0.29, 0.717) is 17.7 Å². The van der Waals surface area contributed by atoms with Gasteiger partial charge in [-0.3, -0.25) is 4.79 Å². The van der Waals surface area contributed by atoms with Crippen LogP contribution in [0.3, 0.4) is 0 Å². The van der Waals surface area contributed by atoms with Crippen molar-refractivity contribution < 1.29 is 9.53 Å². The molecular formula is C27H26N2O2. The molecule has 1 unspecified atom stereocenters. The summed E-state index contributed by atoms with van der Waals surface area (Å²) in [5.41, 5.74) is 3.04. The summed E-state index contributed by atoms with van der Waals surface area (Å²) in [6.45, 7) is 1.35. The van der Waals surface area contributed by atoms with Crippen LogP contribution in [0.25, 0.3) is 11.1 Å². The molecule has 1 aliphatic rings. The van der Waals surface area contributed by atoms with Crippen LogP contribution in [-0.2, 0) is 0 Å². The summed E-state index contributed by atoms with van der Waals surface area (Å²) in [4.78, 5) is 15.6. The van der Waals surface area contributed by atoms with Gasteiger partial charge in [-0.2, -0.15) is 5.26 Å². The smallest absolute Gasteiger partial charge is 0.254 e. The SMILES string of the molecule is N#Cc1cccc(-c2ccccc2C(=O)N2CCCCC2CCOc2ccccc2)c1. The number of benzene rings is 3. The third kappa shape index (κ3) is 4.95. The van der Waals surface area contributed by atoms with Crippen LogP contribution in [-0.4, -0.2) is 30.0 Å². The van der Waals surface area contributed by atoms with Crippen molar-refractivity contribution in [2.45, 2.75) is 31.7 Å². The highest BCUT2D eigenvalue weighted by Gasteiger charge is 2.28. The maximum Gasteiger partial charge on any atom is 0.254 e. The van der Waals surface area contributed by atoms with Crippen molar-refractivity contribution in [3.05, 3.63) is 90.0 Å². The Kier molecular flexibility index (Phi) is 6.64. The van der Waals surface area contributed by atoms with E-state index in [1.807, 2.05) is 77.7 Å². The summed E-state index contributed by atoms with van der Waals surface area (Å²) in [5, 5.41) is 9.25. The second kappa shape index (κ2) is 9.95. The highest BCUT2D eigenvalue weighted by molar-refractivity contribution is 6.01. The van der Waals surface area contributed by atoms with E-state index in [0.717, 1.165) is 49.1 Å². The van der Waals surface area contributed by atoms with E-state index in [1.54, 1.807) is 6.07 Å². The summed E-state index contributed by atoms with van der Waals surface area (Å²) >= 11 is 0. The molecule has 4 rings (SSSR count). The topological polar surface area (TPSA) is 53.3 Å². The molecule has 0 aromatic heterocycles. The molecule has 0 radical (unpaired) electrons. The third-order valence-electron chi connectivity index (χ3n) is 5.81. The Labute approximate surface area is 183 Å². The maximum atomic E-state index is 13.6. The van der Waals surface area contributed by atoms with Crippen molar-refractivity contribution in [3.63, 3.8) is 0 Å². The van der Waals surface area contributed by atoms with Crippen LogP contribution in [0, 0.1) is 11.3 Å². The first kappa shape index (κ1) is 20.7. The summed E-state index contributed by atoms with van der Waals surface area (Å²) in [6.07, 6.45) is 3.96. The van der Waals surface area contributed by atoms with Crippen LogP contribution in [0.4, 0.5) is 0 Å². The predicted octanol–water partition coefficient (Wildman–Crippen LogP) is 5.69. The molecule has 1 heterocycles. The Balaban J connectivity index is 1.52. The van der Waals surface area contributed by atoms with Crippen molar-refractivity contribution in [3.8, 4) is 22.9 Å². The van der Waals surface area contributed by atoms with E-state index in [9.17, 15) is 10.1 Å². The molecule has 156 valence electrons. The van der Waals surface area contributed by atoms with Crippen LogP contribution in [0.15, 0.2) is 78.9 Å². The van der Waals surface area contributed by atoms with E-state index in [-0.39, 0.29) is 11.9 Å². The molecule has 4 heteroatoms. The fourth-order valence-electron chi connectivity index (χ4n) is 4.23. The van der Waals surface area contributed by atoms with Gasteiger partial charge in [-0.05, 0) is 60.7 Å². The zero-order valence-electron chi connectivity index (χ0n) is 17.5. The van der Waals surface area contributed by atoms with Crippen molar-refractivity contribution in [2.24, 2.45) is 0 Å². The van der Waals surface area contributed by atoms with Gasteiger partial charge in [0.05, 0.1) is 18.2 Å². The average molecular weight is 411 g/mol. The lowest BCUT2D eigenvalue weighted by Crippen LogP contribution is -2.44. The molecule has 1 fully saturated rings. The van der Waals surface area contributed by atoms with Gasteiger partial charge in [-0.1, -0.05) is 48.5 Å². The first-order valence-corrected chi connectivity index (χ1v) is 10.8. The number of hydrogen-bond acceptors (Lipinski definition) is 3. The number of likely N-dealkylation sites (tertiary alicyclic amines) is 1. The van der Waals surface area contributed by atoms with E-state index in [4.69, 9.17) is 4.74 Å². The molecule has 3 aromatic carbocycles. The molecule has 0 bridgehead atoms. The molecule has 1 amide bonds. The molecule has 31 heavy (non-hydrogen) atoms. The van der Waals surface area contributed by atoms with Gasteiger partial charge in [0.25, 0.3) is 5.91 Å². The van der Waals surface area contributed by atoms with Crippen molar-refractivity contribution in [1.29, 1.82) is 5.26 Å². The zero-order valence-corrected chi connectivity index (χ0v) is 17.5. The number of piperidine rings is 1. The van der Waals surface area contributed by atoms with Crippen LogP contribution < -0.4 is 4.74 Å². The van der Waals surface area contributed by atoms with Gasteiger partial charge in [-0.15, -0.1) is 0 Å². The molecule has 1 aliphatic heterocycles.